The normalized spacial score (nSPS) is 12.7. The van der Waals surface area contributed by atoms with Gasteiger partial charge < -0.3 is 5.32 Å². The Morgan fingerprint density at radius 2 is 2.05 bits per heavy atom. The zero-order valence-corrected chi connectivity index (χ0v) is 12.3. The Morgan fingerprint density at radius 1 is 1.20 bits per heavy atom. The minimum Gasteiger partial charge on any atom is -0.302 e. The van der Waals surface area contributed by atoms with E-state index in [2.05, 4.69) is 39.3 Å². The first-order chi connectivity index (χ1) is 9.72. The maximum Gasteiger partial charge on any atom is 0.125 e. The highest BCUT2D eigenvalue weighted by atomic mass is 32.1. The number of benzene rings is 1. The summed E-state index contributed by atoms with van der Waals surface area (Å²) in [5.74, 6) is 0.803. The fourth-order valence-corrected chi connectivity index (χ4v) is 3.02. The maximum atomic E-state index is 4.67. The second kappa shape index (κ2) is 5.64. The van der Waals surface area contributed by atoms with E-state index in [0.717, 1.165) is 28.6 Å². The predicted molar refractivity (Wildman–Crippen MR) is 81.6 cm³/mol. The molecule has 2 heterocycles. The topological polar surface area (TPSA) is 50.7 Å². The molecule has 1 atom stereocenters. The van der Waals surface area contributed by atoms with E-state index in [0.29, 0.717) is 0 Å². The van der Waals surface area contributed by atoms with Crippen molar-refractivity contribution in [3.05, 3.63) is 53.1 Å². The molecule has 102 valence electrons. The number of aromatic nitrogens is 3. The first-order valence-corrected chi connectivity index (χ1v) is 7.41. The molecular formula is C15H16N4S. The summed E-state index contributed by atoms with van der Waals surface area (Å²) < 4.78 is 1.23. The minimum absolute atomic E-state index is 0.211. The van der Waals surface area contributed by atoms with Gasteiger partial charge in [-0.2, -0.15) is 0 Å². The van der Waals surface area contributed by atoms with Crippen LogP contribution in [0.2, 0.25) is 0 Å². The van der Waals surface area contributed by atoms with Crippen LogP contribution in [0.25, 0.3) is 10.2 Å². The van der Waals surface area contributed by atoms with E-state index in [9.17, 15) is 0 Å². The molecular weight excluding hydrogens is 268 g/mol. The molecule has 0 saturated carbocycles. The van der Waals surface area contributed by atoms with Crippen LogP contribution in [0.1, 0.15) is 29.5 Å². The van der Waals surface area contributed by atoms with Crippen LogP contribution >= 0.6 is 11.3 Å². The Bertz CT molecular complexity index is 689. The standard InChI is InChI=1S/C15H16N4S/c1-10(17-9-12-7-8-16-11(2)18-12)15-19-13-5-3-4-6-14(13)20-15/h3-8,10,17H,9H2,1-2H3. The van der Waals surface area contributed by atoms with E-state index in [4.69, 9.17) is 0 Å². The highest BCUT2D eigenvalue weighted by molar-refractivity contribution is 7.18. The monoisotopic (exact) mass is 284 g/mol. The van der Waals surface area contributed by atoms with Gasteiger partial charge in [0.2, 0.25) is 0 Å². The number of para-hydroxylation sites is 1. The van der Waals surface area contributed by atoms with E-state index in [1.165, 1.54) is 4.70 Å². The predicted octanol–water partition coefficient (Wildman–Crippen LogP) is 3.25. The lowest BCUT2D eigenvalue weighted by atomic mass is 10.3. The molecule has 1 aromatic carbocycles. The summed E-state index contributed by atoms with van der Waals surface area (Å²) in [6.45, 7) is 4.76. The van der Waals surface area contributed by atoms with Gasteiger partial charge in [0.05, 0.1) is 22.0 Å². The molecule has 3 rings (SSSR count). The Morgan fingerprint density at radius 3 is 2.85 bits per heavy atom. The number of hydrogen-bond donors (Lipinski definition) is 1. The number of hydrogen-bond acceptors (Lipinski definition) is 5. The average molecular weight is 284 g/mol. The van der Waals surface area contributed by atoms with Crippen molar-refractivity contribution in [2.75, 3.05) is 0 Å². The Hall–Kier alpha value is -1.85. The number of nitrogens with one attached hydrogen (secondary N) is 1. The molecule has 2 aromatic heterocycles. The second-order valence-corrected chi connectivity index (χ2v) is 5.78. The van der Waals surface area contributed by atoms with E-state index >= 15 is 0 Å². The zero-order valence-electron chi connectivity index (χ0n) is 11.5. The van der Waals surface area contributed by atoms with Crippen LogP contribution in [0.5, 0.6) is 0 Å². The van der Waals surface area contributed by atoms with Gasteiger partial charge >= 0.3 is 0 Å². The van der Waals surface area contributed by atoms with Crippen molar-refractivity contribution in [1.29, 1.82) is 0 Å². The third kappa shape index (κ3) is 2.84. The largest absolute Gasteiger partial charge is 0.302 e. The van der Waals surface area contributed by atoms with Crippen LogP contribution in [0.4, 0.5) is 0 Å². The maximum absolute atomic E-state index is 4.67. The smallest absolute Gasteiger partial charge is 0.125 e. The van der Waals surface area contributed by atoms with Crippen molar-refractivity contribution in [3.8, 4) is 0 Å². The van der Waals surface area contributed by atoms with E-state index < -0.39 is 0 Å². The fraction of sp³-hybridized carbons (Fsp3) is 0.267. The first kappa shape index (κ1) is 13.1. The van der Waals surface area contributed by atoms with Crippen molar-refractivity contribution in [3.63, 3.8) is 0 Å². The molecule has 0 radical (unpaired) electrons. The highest BCUT2D eigenvalue weighted by Crippen LogP contribution is 2.26. The first-order valence-electron chi connectivity index (χ1n) is 6.60. The summed E-state index contributed by atoms with van der Waals surface area (Å²) in [6.07, 6.45) is 1.79. The van der Waals surface area contributed by atoms with Gasteiger partial charge in [0.25, 0.3) is 0 Å². The van der Waals surface area contributed by atoms with Crippen LogP contribution < -0.4 is 5.32 Å². The third-order valence-corrected chi connectivity index (χ3v) is 4.32. The molecule has 1 N–H and O–H groups in total. The minimum atomic E-state index is 0.211. The lowest BCUT2D eigenvalue weighted by Crippen LogP contribution is -2.18. The summed E-state index contributed by atoms with van der Waals surface area (Å²) >= 11 is 1.74. The summed E-state index contributed by atoms with van der Waals surface area (Å²) in [6, 6.07) is 10.4. The van der Waals surface area contributed by atoms with Crippen molar-refractivity contribution in [2.45, 2.75) is 26.4 Å². The van der Waals surface area contributed by atoms with E-state index in [-0.39, 0.29) is 6.04 Å². The molecule has 0 amide bonds. The molecule has 0 saturated heterocycles. The van der Waals surface area contributed by atoms with Gasteiger partial charge in [-0.1, -0.05) is 12.1 Å². The van der Waals surface area contributed by atoms with Gasteiger partial charge in [-0.25, -0.2) is 15.0 Å². The summed E-state index contributed by atoms with van der Waals surface area (Å²) in [5, 5.41) is 4.57. The van der Waals surface area contributed by atoms with Gasteiger partial charge in [0.1, 0.15) is 10.8 Å². The molecule has 5 heteroatoms. The number of thiazole rings is 1. The number of fused-ring (bicyclic) bond motifs is 1. The molecule has 0 spiro atoms. The van der Waals surface area contributed by atoms with Gasteiger partial charge in [-0.05, 0) is 32.0 Å². The molecule has 4 nitrogen and oxygen atoms in total. The Balaban J connectivity index is 1.71. The molecule has 0 bridgehead atoms. The molecule has 0 fully saturated rings. The molecule has 3 aromatic rings. The molecule has 0 aliphatic heterocycles. The Kier molecular flexibility index (Phi) is 3.71. The molecule has 1 unspecified atom stereocenters. The highest BCUT2D eigenvalue weighted by Gasteiger charge is 2.11. The van der Waals surface area contributed by atoms with Crippen LogP contribution in [0.3, 0.4) is 0 Å². The number of rotatable bonds is 4. The quantitative estimate of drug-likeness (QED) is 0.799. The van der Waals surface area contributed by atoms with Gasteiger partial charge in [-0.3, -0.25) is 0 Å². The second-order valence-electron chi connectivity index (χ2n) is 4.72. The molecule has 20 heavy (non-hydrogen) atoms. The van der Waals surface area contributed by atoms with Crippen LogP contribution in [0.15, 0.2) is 36.5 Å². The zero-order chi connectivity index (χ0) is 13.9. The van der Waals surface area contributed by atoms with Crippen molar-refractivity contribution < 1.29 is 0 Å². The summed E-state index contributed by atoms with van der Waals surface area (Å²) in [7, 11) is 0. The van der Waals surface area contributed by atoms with Crippen molar-refractivity contribution in [2.24, 2.45) is 0 Å². The van der Waals surface area contributed by atoms with E-state index in [1.54, 1.807) is 17.5 Å². The number of aryl methyl sites for hydroxylation is 1. The van der Waals surface area contributed by atoms with Crippen LogP contribution in [-0.4, -0.2) is 15.0 Å². The summed E-state index contributed by atoms with van der Waals surface area (Å²) in [5.41, 5.74) is 2.07. The van der Waals surface area contributed by atoms with Gasteiger partial charge in [0.15, 0.2) is 0 Å². The van der Waals surface area contributed by atoms with E-state index in [1.807, 2.05) is 25.1 Å². The Labute approximate surface area is 121 Å². The van der Waals surface area contributed by atoms with Gasteiger partial charge in [0, 0.05) is 12.7 Å². The SMILES string of the molecule is Cc1nccc(CNC(C)c2nc3ccccc3s2)n1. The third-order valence-electron chi connectivity index (χ3n) is 3.10. The molecule has 0 aliphatic rings. The average Bonchev–Trinajstić information content (AvgIpc) is 2.89. The van der Waals surface area contributed by atoms with Crippen LogP contribution in [0, 0.1) is 6.92 Å². The lowest BCUT2D eigenvalue weighted by molar-refractivity contribution is 0.564. The van der Waals surface area contributed by atoms with Crippen molar-refractivity contribution in [1.82, 2.24) is 20.3 Å². The summed E-state index contributed by atoms with van der Waals surface area (Å²) in [4.78, 5) is 13.2. The fourth-order valence-electron chi connectivity index (χ4n) is 2.02. The van der Waals surface area contributed by atoms with Gasteiger partial charge in [-0.15, -0.1) is 11.3 Å². The molecule has 0 aliphatic carbocycles. The lowest BCUT2D eigenvalue weighted by Gasteiger charge is -2.10. The van der Waals surface area contributed by atoms with Crippen molar-refractivity contribution >= 4 is 21.6 Å². The van der Waals surface area contributed by atoms with Crippen LogP contribution in [-0.2, 0) is 6.54 Å². The number of nitrogens with zero attached hydrogens (tertiary/aromatic N) is 3.